The Labute approximate surface area is 141 Å². The minimum atomic E-state index is -3.91. The van der Waals surface area contributed by atoms with Gasteiger partial charge in [-0.05, 0) is 40.5 Å². The Bertz CT molecular complexity index is 818. The molecule has 2 N–H and O–H groups in total. The van der Waals surface area contributed by atoms with Crippen LogP contribution in [0.2, 0.25) is 0 Å². The SMILES string of the molecule is Cc1c(Br)cc(S(=O)(=O)Nc2ncc(Br)s2)cc1C(=O)O. The summed E-state index contributed by atoms with van der Waals surface area (Å²) in [4.78, 5) is 14.9. The molecule has 0 radical (unpaired) electrons. The van der Waals surface area contributed by atoms with Gasteiger partial charge in [-0.25, -0.2) is 18.2 Å². The fraction of sp³-hybridized carbons (Fsp3) is 0.0909. The van der Waals surface area contributed by atoms with Crippen LogP contribution in [-0.4, -0.2) is 24.5 Å². The summed E-state index contributed by atoms with van der Waals surface area (Å²) in [5.74, 6) is -1.19. The maximum Gasteiger partial charge on any atom is 0.336 e. The number of rotatable bonds is 4. The van der Waals surface area contributed by atoms with E-state index in [1.807, 2.05) is 0 Å². The molecule has 0 fully saturated rings. The zero-order valence-corrected chi connectivity index (χ0v) is 15.2. The lowest BCUT2D eigenvalue weighted by Gasteiger charge is -2.09. The third-order valence-electron chi connectivity index (χ3n) is 2.56. The number of benzene rings is 1. The zero-order chi connectivity index (χ0) is 15.8. The Hall–Kier alpha value is -0.970. The van der Waals surface area contributed by atoms with Crippen LogP contribution in [0, 0.1) is 6.92 Å². The van der Waals surface area contributed by atoms with Crippen molar-refractivity contribution in [2.75, 3.05) is 4.72 Å². The highest BCUT2D eigenvalue weighted by atomic mass is 79.9. The number of carboxylic acid groups (broad SMARTS) is 1. The van der Waals surface area contributed by atoms with Crippen LogP contribution >= 0.6 is 43.2 Å². The predicted molar refractivity (Wildman–Crippen MR) is 86.5 cm³/mol. The quantitative estimate of drug-likeness (QED) is 0.735. The highest BCUT2D eigenvalue weighted by molar-refractivity contribution is 9.11. The van der Waals surface area contributed by atoms with Gasteiger partial charge in [-0.2, -0.15) is 0 Å². The van der Waals surface area contributed by atoms with E-state index in [0.717, 1.165) is 17.4 Å². The number of thiazole rings is 1. The summed E-state index contributed by atoms with van der Waals surface area (Å²) in [5, 5.41) is 9.31. The highest BCUT2D eigenvalue weighted by Crippen LogP contribution is 2.28. The van der Waals surface area contributed by atoms with Gasteiger partial charge in [0.2, 0.25) is 0 Å². The van der Waals surface area contributed by atoms with Crippen molar-refractivity contribution in [2.45, 2.75) is 11.8 Å². The number of halogens is 2. The van der Waals surface area contributed by atoms with Gasteiger partial charge in [0, 0.05) is 4.47 Å². The largest absolute Gasteiger partial charge is 0.478 e. The molecule has 2 aromatic rings. The molecule has 0 aliphatic rings. The molecule has 2 rings (SSSR count). The molecule has 0 saturated heterocycles. The van der Waals surface area contributed by atoms with Gasteiger partial charge >= 0.3 is 5.97 Å². The van der Waals surface area contributed by atoms with Crippen LogP contribution in [-0.2, 0) is 10.0 Å². The van der Waals surface area contributed by atoms with E-state index in [1.54, 1.807) is 6.92 Å². The molecule has 0 spiro atoms. The summed E-state index contributed by atoms with van der Waals surface area (Å²) in [6.45, 7) is 1.59. The molecule has 0 saturated carbocycles. The van der Waals surface area contributed by atoms with E-state index in [0.29, 0.717) is 13.8 Å². The molecule has 10 heteroatoms. The molecule has 0 aliphatic carbocycles. The summed E-state index contributed by atoms with van der Waals surface area (Å²) < 4.78 is 27.9. The molecule has 0 bridgehead atoms. The number of carboxylic acids is 1. The Morgan fingerprint density at radius 1 is 1.38 bits per heavy atom. The number of hydrogen-bond donors (Lipinski definition) is 2. The molecule has 1 aromatic carbocycles. The van der Waals surface area contributed by atoms with Crippen molar-refractivity contribution in [3.63, 3.8) is 0 Å². The van der Waals surface area contributed by atoms with Crippen molar-refractivity contribution < 1.29 is 18.3 Å². The maximum absolute atomic E-state index is 12.3. The minimum absolute atomic E-state index is 0.0786. The lowest BCUT2D eigenvalue weighted by Crippen LogP contribution is -2.14. The Morgan fingerprint density at radius 3 is 2.57 bits per heavy atom. The number of anilines is 1. The van der Waals surface area contributed by atoms with Crippen molar-refractivity contribution in [1.82, 2.24) is 4.98 Å². The topological polar surface area (TPSA) is 96.4 Å². The first-order chi connectivity index (χ1) is 9.70. The molecular weight excluding hydrogens is 448 g/mol. The normalized spacial score (nSPS) is 11.4. The number of hydrogen-bond acceptors (Lipinski definition) is 5. The molecule has 6 nitrogen and oxygen atoms in total. The lowest BCUT2D eigenvalue weighted by atomic mass is 10.1. The van der Waals surface area contributed by atoms with Crippen LogP contribution < -0.4 is 4.72 Å². The first-order valence-electron chi connectivity index (χ1n) is 5.38. The minimum Gasteiger partial charge on any atom is -0.478 e. The number of sulfonamides is 1. The third kappa shape index (κ3) is 3.62. The second-order valence-electron chi connectivity index (χ2n) is 3.96. The van der Waals surface area contributed by atoms with Gasteiger partial charge in [0.25, 0.3) is 10.0 Å². The first kappa shape index (κ1) is 16.4. The monoisotopic (exact) mass is 454 g/mol. The average molecular weight is 456 g/mol. The van der Waals surface area contributed by atoms with Crippen LogP contribution in [0.4, 0.5) is 5.13 Å². The number of nitrogens with one attached hydrogen (secondary N) is 1. The molecule has 112 valence electrons. The number of aromatic carboxylic acids is 1. The van der Waals surface area contributed by atoms with Crippen LogP contribution in [0.15, 0.2) is 31.5 Å². The Kier molecular flexibility index (Phi) is 4.71. The first-order valence-corrected chi connectivity index (χ1v) is 9.27. The van der Waals surface area contributed by atoms with Gasteiger partial charge in [-0.1, -0.05) is 27.3 Å². The average Bonchev–Trinajstić information content (AvgIpc) is 2.76. The van der Waals surface area contributed by atoms with Gasteiger partial charge in [-0.3, -0.25) is 4.72 Å². The van der Waals surface area contributed by atoms with E-state index in [9.17, 15) is 13.2 Å². The number of nitrogens with zero attached hydrogens (tertiary/aromatic N) is 1. The summed E-state index contributed by atoms with van der Waals surface area (Å²) in [7, 11) is -3.91. The van der Waals surface area contributed by atoms with Gasteiger partial charge in [-0.15, -0.1) is 0 Å². The van der Waals surface area contributed by atoms with Crippen molar-refractivity contribution in [3.8, 4) is 0 Å². The van der Waals surface area contributed by atoms with E-state index >= 15 is 0 Å². The summed E-state index contributed by atoms with van der Waals surface area (Å²) in [5.41, 5.74) is 0.378. The molecule has 1 heterocycles. The van der Waals surface area contributed by atoms with Crippen LogP contribution in [0.5, 0.6) is 0 Å². The van der Waals surface area contributed by atoms with E-state index in [-0.39, 0.29) is 15.6 Å². The highest BCUT2D eigenvalue weighted by Gasteiger charge is 2.21. The second kappa shape index (κ2) is 6.03. The van der Waals surface area contributed by atoms with Crippen LogP contribution in [0.1, 0.15) is 15.9 Å². The number of aromatic nitrogens is 1. The molecule has 1 aromatic heterocycles. The van der Waals surface area contributed by atoms with E-state index in [2.05, 4.69) is 41.6 Å². The van der Waals surface area contributed by atoms with Crippen molar-refractivity contribution >= 4 is 64.3 Å². The molecule has 0 unspecified atom stereocenters. The van der Waals surface area contributed by atoms with E-state index in [4.69, 9.17) is 5.11 Å². The summed E-state index contributed by atoms with van der Waals surface area (Å²) >= 11 is 7.47. The van der Waals surface area contributed by atoms with E-state index < -0.39 is 16.0 Å². The van der Waals surface area contributed by atoms with Crippen molar-refractivity contribution in [3.05, 3.63) is 37.7 Å². The Morgan fingerprint density at radius 2 is 2.05 bits per heavy atom. The molecular formula is C11H8Br2N2O4S2. The smallest absolute Gasteiger partial charge is 0.336 e. The molecule has 0 aliphatic heterocycles. The molecule has 0 atom stereocenters. The maximum atomic E-state index is 12.3. The third-order valence-corrected chi connectivity index (χ3v) is 6.22. The van der Waals surface area contributed by atoms with Crippen molar-refractivity contribution in [2.24, 2.45) is 0 Å². The van der Waals surface area contributed by atoms with Crippen molar-refractivity contribution in [1.29, 1.82) is 0 Å². The molecule has 21 heavy (non-hydrogen) atoms. The fourth-order valence-corrected chi connectivity index (χ4v) is 4.52. The fourth-order valence-electron chi connectivity index (χ4n) is 1.51. The number of carbonyl (C=O) groups is 1. The molecule has 0 amide bonds. The van der Waals surface area contributed by atoms with Crippen LogP contribution in [0.25, 0.3) is 0 Å². The Balaban J connectivity index is 2.47. The van der Waals surface area contributed by atoms with Gasteiger partial charge in [0.1, 0.15) is 0 Å². The summed E-state index contributed by atoms with van der Waals surface area (Å²) in [6, 6.07) is 2.47. The van der Waals surface area contributed by atoms with Crippen LogP contribution in [0.3, 0.4) is 0 Å². The van der Waals surface area contributed by atoms with E-state index in [1.165, 1.54) is 12.3 Å². The predicted octanol–water partition coefficient (Wildman–Crippen LogP) is 3.48. The van der Waals surface area contributed by atoms with Gasteiger partial charge in [0.05, 0.1) is 20.4 Å². The lowest BCUT2D eigenvalue weighted by molar-refractivity contribution is 0.0695. The van der Waals surface area contributed by atoms with Gasteiger partial charge in [0.15, 0.2) is 5.13 Å². The standard InChI is InChI=1S/C11H8Br2N2O4S2/c1-5-7(10(16)17)2-6(3-8(5)12)21(18,19)15-11-14-4-9(13)20-11/h2-4H,1H3,(H,14,15)(H,16,17). The summed E-state index contributed by atoms with van der Waals surface area (Å²) in [6.07, 6.45) is 1.47. The second-order valence-corrected chi connectivity index (χ2v) is 8.90. The van der Waals surface area contributed by atoms with Gasteiger partial charge < -0.3 is 5.11 Å². The zero-order valence-electron chi connectivity index (χ0n) is 10.4.